The Kier molecular flexibility index (Phi) is 6.19. The Bertz CT molecular complexity index is 1210. The van der Waals surface area contributed by atoms with Crippen molar-refractivity contribution in [1.29, 1.82) is 0 Å². The van der Waals surface area contributed by atoms with Crippen LogP contribution in [0.2, 0.25) is 0 Å². The van der Waals surface area contributed by atoms with Crippen LogP contribution in [-0.2, 0) is 0 Å². The minimum atomic E-state index is 0.0609. The molecule has 2 nitrogen and oxygen atoms in total. The first-order chi connectivity index (χ1) is 18.3. The molecule has 5 aliphatic rings. The third kappa shape index (κ3) is 3.54. The van der Waals surface area contributed by atoms with Crippen LogP contribution >= 0.6 is 0 Å². The van der Waals surface area contributed by atoms with E-state index in [1.54, 1.807) is 5.57 Å². The van der Waals surface area contributed by atoms with Gasteiger partial charge < -0.3 is 5.21 Å². The SMILES string of the molecule is C=C(C)[C@@H]1CC[C@]2(/C=N/O)CC[C@]3(C)[C@H](CC[C@@H]4[C@@]5(C)CC=C(c6ccc(C)cc6)C(C)(C)[C@@H]5CC[C@]43C)[C@@H]12. The lowest BCUT2D eigenvalue weighted by atomic mass is 9.32. The Hall–Kier alpha value is -1.83. The second kappa shape index (κ2) is 8.83. The number of rotatable bonds is 3. The first-order valence-corrected chi connectivity index (χ1v) is 16.0. The van der Waals surface area contributed by atoms with Gasteiger partial charge in [0.25, 0.3) is 0 Å². The average Bonchev–Trinajstić information content (AvgIpc) is 3.25. The Balaban J connectivity index is 1.39. The number of benzene rings is 1. The van der Waals surface area contributed by atoms with Crippen LogP contribution in [0.25, 0.3) is 5.57 Å². The molecule has 9 atom stereocenters. The topological polar surface area (TPSA) is 32.6 Å². The lowest BCUT2D eigenvalue weighted by Gasteiger charge is -2.72. The predicted octanol–water partition coefficient (Wildman–Crippen LogP) is 10.1. The minimum Gasteiger partial charge on any atom is -0.411 e. The number of nitrogens with zero attached hydrogens (tertiary/aromatic N) is 1. The van der Waals surface area contributed by atoms with E-state index >= 15 is 0 Å². The molecule has 0 aliphatic heterocycles. The van der Waals surface area contributed by atoms with Gasteiger partial charge in [-0.2, -0.15) is 0 Å². The van der Waals surface area contributed by atoms with Crippen molar-refractivity contribution in [2.75, 3.05) is 0 Å². The number of oxime groups is 1. The van der Waals surface area contributed by atoms with Crippen molar-refractivity contribution >= 4 is 11.8 Å². The zero-order chi connectivity index (χ0) is 28.0. The van der Waals surface area contributed by atoms with Gasteiger partial charge >= 0.3 is 0 Å². The maximum atomic E-state index is 9.75. The monoisotopic (exact) mass is 527 g/mol. The Morgan fingerprint density at radius 2 is 1.62 bits per heavy atom. The molecule has 0 radical (unpaired) electrons. The molecule has 0 spiro atoms. The van der Waals surface area contributed by atoms with Crippen LogP contribution in [0.3, 0.4) is 0 Å². The molecule has 4 saturated carbocycles. The Morgan fingerprint density at radius 3 is 2.28 bits per heavy atom. The summed E-state index contributed by atoms with van der Waals surface area (Å²) in [5.41, 5.74) is 6.94. The molecule has 0 aromatic heterocycles. The van der Waals surface area contributed by atoms with Gasteiger partial charge in [0.05, 0.1) is 6.21 Å². The van der Waals surface area contributed by atoms with Crippen molar-refractivity contribution in [2.24, 2.45) is 61.8 Å². The van der Waals surface area contributed by atoms with Gasteiger partial charge in [0.1, 0.15) is 0 Å². The molecule has 2 heteroatoms. The molecule has 39 heavy (non-hydrogen) atoms. The summed E-state index contributed by atoms with van der Waals surface area (Å²) in [4.78, 5) is 0. The van der Waals surface area contributed by atoms with Crippen LogP contribution < -0.4 is 0 Å². The van der Waals surface area contributed by atoms with Crippen molar-refractivity contribution in [1.82, 2.24) is 0 Å². The van der Waals surface area contributed by atoms with E-state index < -0.39 is 0 Å². The zero-order valence-electron chi connectivity index (χ0n) is 25.8. The fourth-order valence-corrected chi connectivity index (χ4v) is 12.4. The number of aryl methyl sites for hydroxylation is 1. The van der Waals surface area contributed by atoms with E-state index in [9.17, 15) is 5.21 Å². The molecule has 5 aliphatic carbocycles. The summed E-state index contributed by atoms with van der Waals surface area (Å²) in [7, 11) is 0. The van der Waals surface area contributed by atoms with E-state index in [1.807, 2.05) is 6.21 Å². The third-order valence-corrected chi connectivity index (χ3v) is 14.4. The molecule has 0 saturated heterocycles. The molecule has 1 aromatic carbocycles. The predicted molar refractivity (Wildman–Crippen MR) is 164 cm³/mol. The smallest absolute Gasteiger partial charge is 0.0500 e. The average molecular weight is 528 g/mol. The molecule has 4 fully saturated rings. The van der Waals surface area contributed by atoms with Crippen molar-refractivity contribution in [3.63, 3.8) is 0 Å². The van der Waals surface area contributed by atoms with E-state index in [1.165, 1.54) is 68.1 Å². The molecule has 0 heterocycles. The Morgan fingerprint density at radius 1 is 0.897 bits per heavy atom. The number of hydrogen-bond donors (Lipinski definition) is 1. The number of allylic oxidation sites excluding steroid dienone is 3. The highest BCUT2D eigenvalue weighted by Crippen LogP contribution is 2.77. The van der Waals surface area contributed by atoms with Crippen LogP contribution in [0.5, 0.6) is 0 Å². The van der Waals surface area contributed by atoms with E-state index in [0.717, 1.165) is 12.3 Å². The van der Waals surface area contributed by atoms with Crippen molar-refractivity contribution in [3.05, 3.63) is 53.6 Å². The van der Waals surface area contributed by atoms with Crippen LogP contribution in [0, 0.1) is 63.6 Å². The van der Waals surface area contributed by atoms with E-state index in [-0.39, 0.29) is 10.8 Å². The van der Waals surface area contributed by atoms with Gasteiger partial charge in [-0.05, 0) is 134 Å². The molecular weight excluding hydrogens is 474 g/mol. The first-order valence-electron chi connectivity index (χ1n) is 16.0. The molecule has 6 rings (SSSR count). The molecule has 212 valence electrons. The molecule has 0 unspecified atom stereocenters. The van der Waals surface area contributed by atoms with Crippen LogP contribution in [0.1, 0.15) is 110 Å². The van der Waals surface area contributed by atoms with Gasteiger partial charge in [-0.15, -0.1) is 5.16 Å². The maximum absolute atomic E-state index is 9.75. The maximum Gasteiger partial charge on any atom is 0.0500 e. The van der Waals surface area contributed by atoms with Gasteiger partial charge in [-0.25, -0.2) is 0 Å². The number of fused-ring (bicyclic) bond motifs is 7. The summed E-state index contributed by atoms with van der Waals surface area (Å²) in [6.45, 7) is 22.1. The molecule has 1 N–H and O–H groups in total. The molecular formula is C37H53NO. The summed E-state index contributed by atoms with van der Waals surface area (Å²) >= 11 is 0. The van der Waals surface area contributed by atoms with Gasteiger partial charge in [-0.1, -0.05) is 82.7 Å². The lowest BCUT2D eigenvalue weighted by molar-refractivity contribution is -0.219. The molecule has 0 amide bonds. The summed E-state index contributed by atoms with van der Waals surface area (Å²) in [5, 5.41) is 13.5. The van der Waals surface area contributed by atoms with Gasteiger partial charge in [0, 0.05) is 5.41 Å². The normalized spacial score (nSPS) is 46.5. The van der Waals surface area contributed by atoms with Crippen LogP contribution in [0.4, 0.5) is 0 Å². The third-order valence-electron chi connectivity index (χ3n) is 14.4. The summed E-state index contributed by atoms with van der Waals surface area (Å²) in [6, 6.07) is 9.28. The van der Waals surface area contributed by atoms with Crippen molar-refractivity contribution in [3.8, 4) is 0 Å². The van der Waals surface area contributed by atoms with Gasteiger partial charge in [0.15, 0.2) is 0 Å². The van der Waals surface area contributed by atoms with E-state index in [4.69, 9.17) is 0 Å². The molecule has 0 bridgehead atoms. The fraction of sp³-hybridized carbons (Fsp3) is 0.703. The lowest BCUT2D eigenvalue weighted by Crippen LogP contribution is -2.65. The highest BCUT2D eigenvalue weighted by molar-refractivity contribution is 5.72. The largest absolute Gasteiger partial charge is 0.411 e. The number of hydrogen-bond acceptors (Lipinski definition) is 2. The zero-order valence-corrected chi connectivity index (χ0v) is 25.8. The minimum absolute atomic E-state index is 0.0609. The van der Waals surface area contributed by atoms with Gasteiger partial charge in [0.2, 0.25) is 0 Å². The standard InChI is InChI=1S/C37H53NO/c1-24(2)27-15-20-37(23-38-39)22-21-35(7)29(32(27)37)13-14-31-34(6)18-16-28(26-11-9-25(3)10-12-26)33(4,5)30(34)17-19-36(31,35)8/h9-12,16,23,27,29-32,39H,1,13-15,17-22H2,2-8H3/b38-23+/t27-,29+,30-,31+,32+,34-,35+,36+,37+/m0/s1. The van der Waals surface area contributed by atoms with Crippen LogP contribution in [-0.4, -0.2) is 11.4 Å². The quantitative estimate of drug-likeness (QED) is 0.180. The first kappa shape index (κ1) is 27.3. The fourth-order valence-electron chi connectivity index (χ4n) is 12.4. The molecule has 1 aromatic rings. The van der Waals surface area contributed by atoms with E-state index in [0.29, 0.717) is 39.9 Å². The summed E-state index contributed by atoms with van der Waals surface area (Å²) < 4.78 is 0. The van der Waals surface area contributed by atoms with Gasteiger partial charge in [-0.3, -0.25) is 0 Å². The summed E-state index contributed by atoms with van der Waals surface area (Å²) in [5.74, 6) is 3.29. The summed E-state index contributed by atoms with van der Waals surface area (Å²) in [6.07, 6.45) is 16.0. The van der Waals surface area contributed by atoms with Crippen molar-refractivity contribution < 1.29 is 5.21 Å². The Labute approximate surface area is 238 Å². The highest BCUT2D eigenvalue weighted by Gasteiger charge is 2.70. The highest BCUT2D eigenvalue weighted by atomic mass is 16.4. The van der Waals surface area contributed by atoms with Crippen LogP contribution in [0.15, 0.2) is 47.6 Å². The second-order valence-electron chi connectivity index (χ2n) is 16.1. The second-order valence-corrected chi connectivity index (χ2v) is 16.1. The van der Waals surface area contributed by atoms with E-state index in [2.05, 4.69) is 90.5 Å². The van der Waals surface area contributed by atoms with Crippen molar-refractivity contribution in [2.45, 2.75) is 106 Å².